The number of hydrogen-bond donors (Lipinski definition) is 1. The molecule has 3 heteroatoms. The number of benzene rings is 2. The van der Waals surface area contributed by atoms with Crippen LogP contribution < -0.4 is 5.32 Å². The smallest absolute Gasteiger partial charge is 0.0948 e. The van der Waals surface area contributed by atoms with E-state index in [0.717, 1.165) is 34.5 Å². The van der Waals surface area contributed by atoms with Gasteiger partial charge >= 0.3 is 0 Å². The first kappa shape index (κ1) is 12.7. The van der Waals surface area contributed by atoms with Gasteiger partial charge in [0.2, 0.25) is 0 Å². The summed E-state index contributed by atoms with van der Waals surface area (Å²) in [5.41, 5.74) is 4.90. The third-order valence-electron chi connectivity index (χ3n) is 4.13. The first-order valence-electron chi connectivity index (χ1n) is 7.18. The van der Waals surface area contributed by atoms with Crippen molar-refractivity contribution in [3.05, 3.63) is 70.9 Å². The van der Waals surface area contributed by atoms with Crippen molar-refractivity contribution in [2.75, 3.05) is 5.32 Å². The van der Waals surface area contributed by atoms with Crippen LogP contribution in [0.3, 0.4) is 0 Å². The molecule has 21 heavy (non-hydrogen) atoms. The molecule has 0 bridgehead atoms. The summed E-state index contributed by atoms with van der Waals surface area (Å²) in [6, 6.07) is 17.0. The number of rotatable bonds is 2. The standard InChI is InChI=1S/C18H15ClN2/c19-16-7-8-17(18-15(16)6-3-9-20-18)21-14-10-12-4-1-2-5-13(12)11-14/h1-9,14,21H,10-11H2. The highest BCUT2D eigenvalue weighted by Gasteiger charge is 2.21. The minimum Gasteiger partial charge on any atom is -0.380 e. The predicted molar refractivity (Wildman–Crippen MR) is 88.0 cm³/mol. The average Bonchev–Trinajstić information content (AvgIpc) is 2.93. The maximum atomic E-state index is 6.25. The quantitative estimate of drug-likeness (QED) is 0.754. The number of halogens is 1. The fourth-order valence-electron chi connectivity index (χ4n) is 3.14. The lowest BCUT2D eigenvalue weighted by Gasteiger charge is -2.15. The van der Waals surface area contributed by atoms with Crippen molar-refractivity contribution < 1.29 is 0 Å². The number of pyridine rings is 1. The molecule has 0 saturated carbocycles. The van der Waals surface area contributed by atoms with Gasteiger partial charge in [-0.3, -0.25) is 4.98 Å². The molecule has 104 valence electrons. The summed E-state index contributed by atoms with van der Waals surface area (Å²) in [7, 11) is 0. The summed E-state index contributed by atoms with van der Waals surface area (Å²) >= 11 is 6.25. The number of aromatic nitrogens is 1. The highest BCUT2D eigenvalue weighted by Crippen LogP contribution is 2.30. The topological polar surface area (TPSA) is 24.9 Å². The van der Waals surface area contributed by atoms with Crippen molar-refractivity contribution >= 4 is 28.2 Å². The Labute approximate surface area is 128 Å². The van der Waals surface area contributed by atoms with E-state index in [0.29, 0.717) is 6.04 Å². The molecule has 0 spiro atoms. The third kappa shape index (κ3) is 2.26. The molecule has 1 aliphatic rings. The zero-order valence-electron chi connectivity index (χ0n) is 11.5. The molecule has 0 amide bonds. The van der Waals surface area contributed by atoms with Gasteiger partial charge in [-0.1, -0.05) is 35.9 Å². The van der Waals surface area contributed by atoms with Crippen LogP contribution in [-0.2, 0) is 12.8 Å². The normalized spacial score (nSPS) is 14.3. The number of fused-ring (bicyclic) bond motifs is 2. The zero-order chi connectivity index (χ0) is 14.2. The zero-order valence-corrected chi connectivity index (χ0v) is 12.3. The van der Waals surface area contributed by atoms with Crippen molar-refractivity contribution in [1.82, 2.24) is 4.98 Å². The molecule has 1 aliphatic carbocycles. The van der Waals surface area contributed by atoms with Crippen LogP contribution in [0, 0.1) is 0 Å². The maximum Gasteiger partial charge on any atom is 0.0948 e. The molecule has 0 unspecified atom stereocenters. The van der Waals surface area contributed by atoms with E-state index < -0.39 is 0 Å². The molecule has 2 nitrogen and oxygen atoms in total. The van der Waals surface area contributed by atoms with E-state index in [1.807, 2.05) is 30.5 Å². The number of nitrogens with one attached hydrogen (secondary N) is 1. The Kier molecular flexibility index (Phi) is 3.04. The van der Waals surface area contributed by atoms with Crippen molar-refractivity contribution in [2.24, 2.45) is 0 Å². The van der Waals surface area contributed by atoms with Crippen LogP contribution in [0.15, 0.2) is 54.7 Å². The molecule has 2 aromatic carbocycles. The van der Waals surface area contributed by atoms with E-state index >= 15 is 0 Å². The summed E-state index contributed by atoms with van der Waals surface area (Å²) in [5.74, 6) is 0. The lowest BCUT2D eigenvalue weighted by Crippen LogP contribution is -2.19. The van der Waals surface area contributed by atoms with Crippen molar-refractivity contribution in [3.63, 3.8) is 0 Å². The van der Waals surface area contributed by atoms with Gasteiger partial charge < -0.3 is 5.32 Å². The van der Waals surface area contributed by atoms with Gasteiger partial charge in [-0.05, 0) is 48.2 Å². The SMILES string of the molecule is Clc1ccc(NC2Cc3ccccc3C2)c2ncccc12. The fourth-order valence-corrected chi connectivity index (χ4v) is 3.35. The van der Waals surface area contributed by atoms with E-state index in [-0.39, 0.29) is 0 Å². The van der Waals surface area contributed by atoms with Crippen molar-refractivity contribution in [2.45, 2.75) is 18.9 Å². The number of hydrogen-bond acceptors (Lipinski definition) is 2. The Hall–Kier alpha value is -2.06. The van der Waals surface area contributed by atoms with Crippen molar-refractivity contribution in [1.29, 1.82) is 0 Å². The second-order valence-corrected chi connectivity index (χ2v) is 5.92. The van der Waals surface area contributed by atoms with E-state index in [1.54, 1.807) is 0 Å². The molecule has 0 aliphatic heterocycles. The molecule has 0 saturated heterocycles. The van der Waals surface area contributed by atoms with Gasteiger partial charge in [0.25, 0.3) is 0 Å². The van der Waals surface area contributed by atoms with Gasteiger partial charge in [-0.2, -0.15) is 0 Å². The Morgan fingerprint density at radius 1 is 0.952 bits per heavy atom. The average molecular weight is 295 g/mol. The van der Waals surface area contributed by atoms with Gasteiger partial charge in [0.15, 0.2) is 0 Å². The Bertz CT molecular complexity index is 788. The lowest BCUT2D eigenvalue weighted by molar-refractivity contribution is 0.775. The van der Waals surface area contributed by atoms with Crippen LogP contribution in [-0.4, -0.2) is 11.0 Å². The van der Waals surface area contributed by atoms with E-state index in [1.165, 1.54) is 11.1 Å². The van der Waals surface area contributed by atoms with Crippen LogP contribution in [0.1, 0.15) is 11.1 Å². The minimum absolute atomic E-state index is 0.425. The summed E-state index contributed by atoms with van der Waals surface area (Å²) in [5, 5.41) is 5.39. The first-order valence-corrected chi connectivity index (χ1v) is 7.55. The minimum atomic E-state index is 0.425. The van der Waals surface area contributed by atoms with Gasteiger partial charge in [-0.25, -0.2) is 0 Å². The first-order chi connectivity index (χ1) is 10.3. The van der Waals surface area contributed by atoms with E-state index in [9.17, 15) is 0 Å². The summed E-state index contributed by atoms with van der Waals surface area (Å²) in [6.45, 7) is 0. The van der Waals surface area contributed by atoms with Crippen LogP contribution in [0.2, 0.25) is 5.02 Å². The van der Waals surface area contributed by atoms with Gasteiger partial charge in [0.05, 0.1) is 16.2 Å². The highest BCUT2D eigenvalue weighted by atomic mass is 35.5. The molecule has 1 N–H and O–H groups in total. The molecule has 4 rings (SSSR count). The van der Waals surface area contributed by atoms with Crippen LogP contribution in [0.4, 0.5) is 5.69 Å². The number of anilines is 1. The van der Waals surface area contributed by atoms with Gasteiger partial charge in [-0.15, -0.1) is 0 Å². The lowest BCUT2D eigenvalue weighted by atomic mass is 10.1. The molecule has 3 aromatic rings. The summed E-state index contributed by atoms with van der Waals surface area (Å²) in [4.78, 5) is 4.49. The highest BCUT2D eigenvalue weighted by molar-refractivity contribution is 6.35. The number of nitrogens with zero attached hydrogens (tertiary/aromatic N) is 1. The molecular weight excluding hydrogens is 280 g/mol. The van der Waals surface area contributed by atoms with Gasteiger partial charge in [0.1, 0.15) is 0 Å². The van der Waals surface area contributed by atoms with E-state index in [2.05, 4.69) is 34.6 Å². The van der Waals surface area contributed by atoms with Crippen LogP contribution in [0.25, 0.3) is 10.9 Å². The molecule has 0 radical (unpaired) electrons. The van der Waals surface area contributed by atoms with Gasteiger partial charge in [0, 0.05) is 17.6 Å². The Morgan fingerprint density at radius 2 is 1.71 bits per heavy atom. The molecule has 0 fully saturated rings. The van der Waals surface area contributed by atoms with Crippen molar-refractivity contribution in [3.8, 4) is 0 Å². The maximum absolute atomic E-state index is 6.25. The molecular formula is C18H15ClN2. The Morgan fingerprint density at radius 3 is 2.48 bits per heavy atom. The second kappa shape index (κ2) is 5.05. The summed E-state index contributed by atoms with van der Waals surface area (Å²) in [6.07, 6.45) is 3.94. The molecule has 0 atom stereocenters. The molecule has 1 aromatic heterocycles. The largest absolute Gasteiger partial charge is 0.380 e. The van der Waals surface area contributed by atoms with Crippen LogP contribution in [0.5, 0.6) is 0 Å². The third-order valence-corrected chi connectivity index (χ3v) is 4.46. The second-order valence-electron chi connectivity index (χ2n) is 5.51. The summed E-state index contributed by atoms with van der Waals surface area (Å²) < 4.78 is 0. The monoisotopic (exact) mass is 294 g/mol. The van der Waals surface area contributed by atoms with Crippen LogP contribution >= 0.6 is 11.6 Å². The molecule has 1 heterocycles. The fraction of sp³-hybridized carbons (Fsp3) is 0.167. The van der Waals surface area contributed by atoms with E-state index in [4.69, 9.17) is 11.6 Å². The predicted octanol–water partition coefficient (Wildman–Crippen LogP) is 4.47. The Balaban J connectivity index is 1.66.